The van der Waals surface area contributed by atoms with Crippen molar-refractivity contribution in [2.75, 3.05) is 29.8 Å². The molecule has 172 valence electrons. The van der Waals surface area contributed by atoms with Gasteiger partial charge in [0.15, 0.2) is 0 Å². The van der Waals surface area contributed by atoms with Gasteiger partial charge < -0.3 is 5.32 Å². The number of carbonyl (C=O) groups excluding carboxylic acids is 1. The van der Waals surface area contributed by atoms with Crippen molar-refractivity contribution in [3.63, 3.8) is 0 Å². The molecule has 1 heterocycles. The van der Waals surface area contributed by atoms with Crippen molar-refractivity contribution >= 4 is 27.3 Å². The van der Waals surface area contributed by atoms with Gasteiger partial charge in [-0.05, 0) is 80.9 Å². The van der Waals surface area contributed by atoms with Crippen LogP contribution in [0.4, 0.5) is 11.4 Å². The predicted octanol–water partition coefficient (Wildman–Crippen LogP) is 4.67. The molecule has 6 nitrogen and oxygen atoms in total. The predicted molar refractivity (Wildman–Crippen MR) is 132 cm³/mol. The maximum Gasteiger partial charge on any atom is 0.264 e. The molecule has 1 aliphatic rings. The van der Waals surface area contributed by atoms with E-state index in [4.69, 9.17) is 0 Å². The summed E-state index contributed by atoms with van der Waals surface area (Å²) < 4.78 is 27.1. The van der Waals surface area contributed by atoms with Crippen LogP contribution >= 0.6 is 0 Å². The van der Waals surface area contributed by atoms with E-state index < -0.39 is 10.0 Å². The normalized spacial score (nSPS) is 14.2. The van der Waals surface area contributed by atoms with E-state index in [-0.39, 0.29) is 10.8 Å². The summed E-state index contributed by atoms with van der Waals surface area (Å²) in [7, 11) is -2.17. The van der Waals surface area contributed by atoms with Gasteiger partial charge in [-0.25, -0.2) is 8.42 Å². The summed E-state index contributed by atoms with van der Waals surface area (Å²) >= 11 is 0. The van der Waals surface area contributed by atoms with Crippen LogP contribution in [0.2, 0.25) is 0 Å². The van der Waals surface area contributed by atoms with E-state index >= 15 is 0 Å². The van der Waals surface area contributed by atoms with E-state index in [1.165, 1.54) is 24.2 Å². The Morgan fingerprint density at radius 3 is 2.24 bits per heavy atom. The number of rotatable bonds is 7. The number of nitrogens with zero attached hydrogens (tertiary/aromatic N) is 2. The fourth-order valence-electron chi connectivity index (χ4n) is 3.99. The van der Waals surface area contributed by atoms with Crippen molar-refractivity contribution in [1.82, 2.24) is 4.90 Å². The van der Waals surface area contributed by atoms with E-state index in [0.29, 0.717) is 11.3 Å². The van der Waals surface area contributed by atoms with Gasteiger partial charge in [-0.15, -0.1) is 0 Å². The van der Waals surface area contributed by atoms with Crippen LogP contribution < -0.4 is 9.62 Å². The molecule has 0 saturated carbocycles. The highest BCUT2D eigenvalue weighted by atomic mass is 32.2. The maximum atomic E-state index is 12.9. The number of sulfonamides is 1. The summed E-state index contributed by atoms with van der Waals surface area (Å²) in [5.41, 5.74) is 3.84. The number of para-hydroxylation sites is 1. The second-order valence-corrected chi connectivity index (χ2v) is 10.4. The lowest BCUT2D eigenvalue weighted by Gasteiger charge is -2.20. The fraction of sp³-hybridized carbons (Fsp3) is 0.269. The minimum Gasteiger partial charge on any atom is -0.322 e. The van der Waals surface area contributed by atoms with Crippen molar-refractivity contribution in [2.45, 2.75) is 31.2 Å². The lowest BCUT2D eigenvalue weighted by atomic mass is 10.1. The molecule has 4 rings (SSSR count). The molecule has 1 amide bonds. The zero-order valence-electron chi connectivity index (χ0n) is 19.0. The average Bonchev–Trinajstić information content (AvgIpc) is 3.33. The quantitative estimate of drug-likeness (QED) is 0.553. The van der Waals surface area contributed by atoms with Crippen LogP contribution in [0.15, 0.2) is 77.7 Å². The number of hydrogen-bond donors (Lipinski definition) is 1. The first kappa shape index (κ1) is 23.0. The molecule has 0 spiro atoms. The molecular formula is C26H29N3O3S. The molecule has 0 aliphatic carbocycles. The van der Waals surface area contributed by atoms with Crippen LogP contribution in [0.3, 0.4) is 0 Å². The van der Waals surface area contributed by atoms with Gasteiger partial charge in [-0.1, -0.05) is 35.9 Å². The van der Waals surface area contributed by atoms with E-state index in [1.807, 2.05) is 31.2 Å². The minimum atomic E-state index is -3.68. The van der Waals surface area contributed by atoms with E-state index in [2.05, 4.69) is 10.2 Å². The van der Waals surface area contributed by atoms with E-state index in [0.717, 1.165) is 36.4 Å². The van der Waals surface area contributed by atoms with Crippen molar-refractivity contribution in [3.8, 4) is 0 Å². The molecule has 3 aromatic carbocycles. The van der Waals surface area contributed by atoms with Crippen molar-refractivity contribution in [2.24, 2.45) is 0 Å². The summed E-state index contributed by atoms with van der Waals surface area (Å²) in [6.07, 6.45) is 2.43. The number of aryl methyl sites for hydroxylation is 1. The highest BCUT2D eigenvalue weighted by Gasteiger charge is 2.21. The number of carbonyl (C=O) groups is 1. The van der Waals surface area contributed by atoms with Gasteiger partial charge in [0.25, 0.3) is 15.9 Å². The van der Waals surface area contributed by atoms with Crippen molar-refractivity contribution in [1.29, 1.82) is 0 Å². The van der Waals surface area contributed by atoms with E-state index in [9.17, 15) is 13.2 Å². The van der Waals surface area contributed by atoms with Gasteiger partial charge >= 0.3 is 0 Å². The number of hydrogen-bond acceptors (Lipinski definition) is 4. The first-order valence-corrected chi connectivity index (χ1v) is 12.6. The van der Waals surface area contributed by atoms with Gasteiger partial charge in [-0.3, -0.25) is 14.0 Å². The Kier molecular flexibility index (Phi) is 6.81. The summed E-state index contributed by atoms with van der Waals surface area (Å²) in [6, 6.07) is 21.2. The largest absolute Gasteiger partial charge is 0.322 e. The van der Waals surface area contributed by atoms with Gasteiger partial charge in [0.05, 0.1) is 10.6 Å². The average molecular weight is 464 g/mol. The molecule has 0 bridgehead atoms. The Morgan fingerprint density at radius 2 is 1.58 bits per heavy atom. The molecule has 0 aromatic heterocycles. The number of nitrogens with one attached hydrogen (secondary N) is 1. The molecule has 33 heavy (non-hydrogen) atoms. The fourth-order valence-corrected chi connectivity index (χ4v) is 5.18. The highest BCUT2D eigenvalue weighted by Crippen LogP contribution is 2.24. The summed E-state index contributed by atoms with van der Waals surface area (Å²) in [4.78, 5) is 15.5. The third-order valence-corrected chi connectivity index (χ3v) is 7.83. The molecule has 1 fully saturated rings. The molecule has 0 unspecified atom stereocenters. The Labute approximate surface area is 195 Å². The lowest BCUT2D eigenvalue weighted by molar-refractivity contribution is 0.102. The van der Waals surface area contributed by atoms with Gasteiger partial charge in [-0.2, -0.15) is 0 Å². The third-order valence-electron chi connectivity index (χ3n) is 6.03. The number of anilines is 2. The Hall–Kier alpha value is -3.16. The minimum absolute atomic E-state index is 0.223. The summed E-state index contributed by atoms with van der Waals surface area (Å²) in [5, 5.41) is 3.01. The van der Waals surface area contributed by atoms with Crippen LogP contribution in [0.1, 0.15) is 34.3 Å². The van der Waals surface area contributed by atoms with Crippen LogP contribution in [0.25, 0.3) is 0 Å². The lowest BCUT2D eigenvalue weighted by Crippen LogP contribution is -2.26. The number of benzene rings is 3. The van der Waals surface area contributed by atoms with Crippen LogP contribution in [0.5, 0.6) is 0 Å². The number of likely N-dealkylation sites (tertiary alicyclic amines) is 1. The Bertz CT molecular complexity index is 1220. The molecule has 1 aliphatic heterocycles. The molecule has 7 heteroatoms. The summed E-state index contributed by atoms with van der Waals surface area (Å²) in [6.45, 7) is 4.90. The zero-order valence-corrected chi connectivity index (χ0v) is 19.8. The SMILES string of the molecule is Cc1ccc(S(=O)(=O)N(C)c2ccc(C(=O)Nc3ccccc3CN3CCCC3)cc2)cc1. The van der Waals surface area contributed by atoms with Crippen LogP contribution in [-0.2, 0) is 16.6 Å². The van der Waals surface area contributed by atoms with Crippen LogP contribution in [-0.4, -0.2) is 39.4 Å². The first-order chi connectivity index (χ1) is 15.8. The number of amides is 1. The highest BCUT2D eigenvalue weighted by molar-refractivity contribution is 7.92. The van der Waals surface area contributed by atoms with Gasteiger partial charge in [0.2, 0.25) is 0 Å². The second-order valence-electron chi connectivity index (χ2n) is 8.43. The molecule has 1 N–H and O–H groups in total. The van der Waals surface area contributed by atoms with Gasteiger partial charge in [0.1, 0.15) is 0 Å². The molecule has 0 atom stereocenters. The van der Waals surface area contributed by atoms with Crippen LogP contribution in [0, 0.1) is 6.92 Å². The molecular weight excluding hydrogens is 434 g/mol. The van der Waals surface area contributed by atoms with Crippen molar-refractivity contribution < 1.29 is 13.2 Å². The van der Waals surface area contributed by atoms with Crippen molar-refractivity contribution in [3.05, 3.63) is 89.5 Å². The Morgan fingerprint density at radius 1 is 0.939 bits per heavy atom. The monoisotopic (exact) mass is 463 g/mol. The van der Waals surface area contributed by atoms with E-state index in [1.54, 1.807) is 48.5 Å². The molecule has 1 saturated heterocycles. The topological polar surface area (TPSA) is 69.7 Å². The first-order valence-electron chi connectivity index (χ1n) is 11.1. The second kappa shape index (κ2) is 9.77. The molecule has 0 radical (unpaired) electrons. The smallest absolute Gasteiger partial charge is 0.264 e. The standard InChI is InChI=1S/C26H29N3O3S/c1-20-9-15-24(16-10-20)33(31,32)28(2)23-13-11-21(12-14-23)26(30)27-25-8-4-3-7-22(25)19-29-17-5-6-18-29/h3-4,7-16H,5-6,17-19H2,1-2H3,(H,27,30). The zero-order chi connectivity index (χ0) is 23.4. The maximum absolute atomic E-state index is 12.9. The molecule has 3 aromatic rings. The third kappa shape index (κ3) is 5.26. The summed E-state index contributed by atoms with van der Waals surface area (Å²) in [5.74, 6) is -0.223. The Balaban J connectivity index is 1.47. The van der Waals surface area contributed by atoms with Gasteiger partial charge in [0, 0.05) is 24.8 Å².